The van der Waals surface area contributed by atoms with Gasteiger partial charge in [0.05, 0.1) is 5.69 Å². The largest absolute Gasteiger partial charge is 0.326 e. The number of hydrogen-bond donors (Lipinski definition) is 1. The Bertz CT molecular complexity index is 1520. The van der Waals surface area contributed by atoms with E-state index in [2.05, 4.69) is 46.6 Å². The van der Waals surface area contributed by atoms with E-state index in [9.17, 15) is 18.0 Å². The molecule has 0 atom stereocenters. The molecule has 2 aliphatic rings. The summed E-state index contributed by atoms with van der Waals surface area (Å²) in [6.07, 6.45) is 1.51. The summed E-state index contributed by atoms with van der Waals surface area (Å²) in [5, 5.41) is 2.56. The molecule has 4 aromatic rings. The molecular weight excluding hydrogens is 499 g/mol. The quantitative estimate of drug-likeness (QED) is 0.301. The third-order valence-electron chi connectivity index (χ3n) is 8.01. The number of urea groups is 1. The number of carbonyl (C=O) groups excluding carboxylic acids is 1. The predicted octanol–water partition coefficient (Wildman–Crippen LogP) is 7.36. The number of rotatable bonds is 4. The molecule has 2 aliphatic heterocycles. The van der Waals surface area contributed by atoms with E-state index in [1.54, 1.807) is 11.0 Å². The lowest BCUT2D eigenvalue weighted by molar-refractivity contribution is 0.160. The van der Waals surface area contributed by atoms with E-state index in [0.29, 0.717) is 12.2 Å². The molecule has 39 heavy (non-hydrogen) atoms. The smallest absolute Gasteiger partial charge is 0.305 e. The lowest BCUT2D eigenvalue weighted by atomic mass is 9.74. The molecule has 2 heterocycles. The van der Waals surface area contributed by atoms with E-state index in [1.807, 2.05) is 18.2 Å². The molecule has 4 nitrogen and oxygen atoms in total. The predicted molar refractivity (Wildman–Crippen MR) is 147 cm³/mol. The van der Waals surface area contributed by atoms with Gasteiger partial charge in [-0.2, -0.15) is 0 Å². The van der Waals surface area contributed by atoms with Gasteiger partial charge in [0.1, 0.15) is 17.5 Å². The van der Waals surface area contributed by atoms with Gasteiger partial charge in [0, 0.05) is 30.3 Å². The third kappa shape index (κ3) is 4.90. The molecule has 1 spiro atoms. The molecular formula is C32H28F3N3O. The van der Waals surface area contributed by atoms with Gasteiger partial charge in [-0.15, -0.1) is 0 Å². The Morgan fingerprint density at radius 1 is 0.821 bits per heavy atom. The second-order valence-electron chi connectivity index (χ2n) is 10.4. The van der Waals surface area contributed by atoms with Crippen LogP contribution in [0.3, 0.4) is 0 Å². The molecule has 0 aliphatic carbocycles. The minimum Gasteiger partial charge on any atom is -0.305 e. The molecule has 4 aromatic carbocycles. The molecule has 0 bridgehead atoms. The van der Waals surface area contributed by atoms with Crippen molar-refractivity contribution in [2.75, 3.05) is 29.9 Å². The zero-order chi connectivity index (χ0) is 27.0. The Kier molecular flexibility index (Phi) is 6.61. The summed E-state index contributed by atoms with van der Waals surface area (Å²) in [6.45, 7) is 2.75. The fourth-order valence-electron chi connectivity index (χ4n) is 5.96. The van der Waals surface area contributed by atoms with Crippen LogP contribution in [-0.2, 0) is 12.0 Å². The summed E-state index contributed by atoms with van der Waals surface area (Å²) in [4.78, 5) is 17.2. The van der Waals surface area contributed by atoms with Crippen LogP contribution < -0.4 is 10.2 Å². The van der Waals surface area contributed by atoms with Gasteiger partial charge >= 0.3 is 6.03 Å². The van der Waals surface area contributed by atoms with Crippen LogP contribution in [0.1, 0.15) is 24.0 Å². The van der Waals surface area contributed by atoms with Crippen LogP contribution in [-0.4, -0.2) is 30.6 Å². The fourth-order valence-corrected chi connectivity index (χ4v) is 5.96. The molecule has 7 heteroatoms. The van der Waals surface area contributed by atoms with E-state index in [0.717, 1.165) is 50.2 Å². The van der Waals surface area contributed by atoms with Gasteiger partial charge in [-0.25, -0.2) is 18.0 Å². The molecule has 198 valence electrons. The summed E-state index contributed by atoms with van der Waals surface area (Å²) < 4.78 is 42.0. The van der Waals surface area contributed by atoms with E-state index in [-0.39, 0.29) is 11.5 Å². The second kappa shape index (κ2) is 10.2. The highest BCUT2D eigenvalue weighted by molar-refractivity contribution is 6.03. The van der Waals surface area contributed by atoms with Crippen molar-refractivity contribution < 1.29 is 18.0 Å². The molecule has 0 radical (unpaired) electrons. The van der Waals surface area contributed by atoms with Crippen LogP contribution in [0.25, 0.3) is 11.1 Å². The van der Waals surface area contributed by atoms with Gasteiger partial charge in [-0.1, -0.05) is 54.6 Å². The summed E-state index contributed by atoms with van der Waals surface area (Å²) in [7, 11) is 0. The van der Waals surface area contributed by atoms with Crippen LogP contribution in [0.2, 0.25) is 0 Å². The summed E-state index contributed by atoms with van der Waals surface area (Å²) in [6, 6.07) is 25.7. The number of benzene rings is 4. The van der Waals surface area contributed by atoms with Crippen LogP contribution in [0.4, 0.5) is 29.3 Å². The van der Waals surface area contributed by atoms with E-state index in [1.165, 1.54) is 34.9 Å². The Labute approximate surface area is 225 Å². The van der Waals surface area contributed by atoms with Gasteiger partial charge in [0.15, 0.2) is 0 Å². The summed E-state index contributed by atoms with van der Waals surface area (Å²) in [5.41, 5.74) is 4.58. The first-order valence-corrected chi connectivity index (χ1v) is 13.1. The third-order valence-corrected chi connectivity index (χ3v) is 8.01. The van der Waals surface area contributed by atoms with Crippen molar-refractivity contribution in [1.82, 2.24) is 4.90 Å². The number of halogens is 3. The van der Waals surface area contributed by atoms with Crippen molar-refractivity contribution in [3.63, 3.8) is 0 Å². The van der Waals surface area contributed by atoms with Crippen molar-refractivity contribution in [2.24, 2.45) is 0 Å². The number of amides is 2. The Balaban J connectivity index is 1.21. The van der Waals surface area contributed by atoms with Gasteiger partial charge in [-0.3, -0.25) is 9.80 Å². The molecule has 0 saturated carbocycles. The van der Waals surface area contributed by atoms with Crippen molar-refractivity contribution in [2.45, 2.75) is 24.8 Å². The average Bonchev–Trinajstić information content (AvgIpc) is 3.25. The summed E-state index contributed by atoms with van der Waals surface area (Å²) >= 11 is 0. The summed E-state index contributed by atoms with van der Waals surface area (Å²) in [5.74, 6) is -1.91. The molecule has 0 unspecified atom stereocenters. The lowest BCUT2D eigenvalue weighted by Gasteiger charge is -2.40. The van der Waals surface area contributed by atoms with E-state index < -0.39 is 23.1 Å². The number of nitrogens with one attached hydrogen (secondary N) is 1. The number of carbonyl (C=O) groups is 1. The maximum absolute atomic E-state index is 14.4. The van der Waals surface area contributed by atoms with Gasteiger partial charge in [0.2, 0.25) is 0 Å². The molecule has 2 amide bonds. The molecule has 1 N–H and O–H groups in total. The van der Waals surface area contributed by atoms with Crippen molar-refractivity contribution in [3.8, 4) is 11.1 Å². The number of nitrogens with zero attached hydrogens (tertiary/aromatic N) is 2. The highest BCUT2D eigenvalue weighted by Gasteiger charge is 2.46. The average molecular weight is 528 g/mol. The Hall–Kier alpha value is -4.10. The van der Waals surface area contributed by atoms with Crippen molar-refractivity contribution >= 4 is 17.4 Å². The topological polar surface area (TPSA) is 35.6 Å². The molecule has 6 rings (SSSR count). The second-order valence-corrected chi connectivity index (χ2v) is 10.4. The highest BCUT2D eigenvalue weighted by atomic mass is 19.1. The van der Waals surface area contributed by atoms with Gasteiger partial charge < -0.3 is 5.32 Å². The number of fused-ring (bicyclic) bond motifs is 2. The Morgan fingerprint density at radius 2 is 1.51 bits per heavy atom. The van der Waals surface area contributed by atoms with Crippen molar-refractivity contribution in [1.29, 1.82) is 0 Å². The van der Waals surface area contributed by atoms with Crippen LogP contribution in [0.15, 0.2) is 91.0 Å². The first kappa shape index (κ1) is 25.2. The number of piperidine rings is 1. The molecule has 0 aromatic heterocycles. The first-order chi connectivity index (χ1) is 18.9. The molecule has 1 saturated heterocycles. The van der Waals surface area contributed by atoms with E-state index >= 15 is 0 Å². The zero-order valence-electron chi connectivity index (χ0n) is 21.3. The number of likely N-dealkylation sites (tertiary alicyclic amines) is 1. The normalized spacial score (nSPS) is 16.3. The SMILES string of the molecule is O=C(Nc1ccc(F)cc1F)N1CC2(CCN(Cc3ccccc3-c3ccccc3)CC2)c2cc(F)ccc21. The lowest BCUT2D eigenvalue weighted by Crippen LogP contribution is -2.46. The number of anilines is 2. The Morgan fingerprint density at radius 3 is 2.28 bits per heavy atom. The van der Waals surface area contributed by atoms with Crippen molar-refractivity contribution in [3.05, 3.63) is 120 Å². The molecule has 1 fully saturated rings. The maximum Gasteiger partial charge on any atom is 0.326 e. The number of hydrogen-bond acceptors (Lipinski definition) is 2. The van der Waals surface area contributed by atoms with Crippen LogP contribution in [0.5, 0.6) is 0 Å². The minimum absolute atomic E-state index is 0.0992. The van der Waals surface area contributed by atoms with Gasteiger partial charge in [0.25, 0.3) is 0 Å². The van der Waals surface area contributed by atoms with Crippen LogP contribution >= 0.6 is 0 Å². The monoisotopic (exact) mass is 527 g/mol. The zero-order valence-corrected chi connectivity index (χ0v) is 21.3. The highest BCUT2D eigenvalue weighted by Crippen LogP contribution is 2.47. The van der Waals surface area contributed by atoms with E-state index in [4.69, 9.17) is 0 Å². The fraction of sp³-hybridized carbons (Fsp3) is 0.219. The first-order valence-electron chi connectivity index (χ1n) is 13.1. The van der Waals surface area contributed by atoms with Crippen LogP contribution in [0, 0.1) is 17.5 Å². The maximum atomic E-state index is 14.4. The van der Waals surface area contributed by atoms with Gasteiger partial charge in [-0.05, 0) is 78.5 Å². The minimum atomic E-state index is -0.847. The standard InChI is InChI=1S/C32H28F3N3O/c33-24-11-13-30-27(18-24)32(21-38(30)31(39)36-29-12-10-25(34)19-28(29)35)14-16-37(17-15-32)20-23-8-4-5-9-26(23)22-6-2-1-3-7-22/h1-13,18-19H,14-17,20-21H2,(H,36,39).